The number of hydrogen-bond acceptors (Lipinski definition) is 2. The van der Waals surface area contributed by atoms with Gasteiger partial charge >= 0.3 is 0 Å². The molecule has 4 heteroatoms. The minimum absolute atomic E-state index is 0. The van der Waals surface area contributed by atoms with Crippen molar-refractivity contribution in [2.75, 3.05) is 0 Å². The van der Waals surface area contributed by atoms with Crippen LogP contribution in [-0.2, 0) is 20.1 Å². The number of hydrogen-bond donors (Lipinski definition) is 0. The predicted molar refractivity (Wildman–Crippen MR) is 102 cm³/mol. The van der Waals surface area contributed by atoms with Gasteiger partial charge in [-0.05, 0) is 37.8 Å². The Morgan fingerprint density at radius 3 is 2.69 bits per heavy atom. The first kappa shape index (κ1) is 10.6. The molecule has 129 valence electrons. The summed E-state index contributed by atoms with van der Waals surface area (Å²) in [5.74, 6) is 0. The summed E-state index contributed by atoms with van der Waals surface area (Å²) >= 11 is 0. The summed E-state index contributed by atoms with van der Waals surface area (Å²) in [5, 5.41) is 0.408. The molecule has 3 heterocycles. The predicted octanol–water partition coefficient (Wildman–Crippen LogP) is 5.12. The van der Waals surface area contributed by atoms with Crippen molar-refractivity contribution in [3.8, 4) is 11.3 Å². The Bertz CT molecular complexity index is 1610. The van der Waals surface area contributed by atoms with Gasteiger partial charge in [0.1, 0.15) is 0 Å². The maximum absolute atomic E-state index is 8.65. The van der Waals surface area contributed by atoms with Crippen LogP contribution in [0.4, 0.5) is 0 Å². The molecule has 0 saturated heterocycles. The van der Waals surface area contributed by atoms with Gasteiger partial charge in [0, 0.05) is 46.9 Å². The Morgan fingerprint density at radius 1 is 1.08 bits per heavy atom. The Labute approximate surface area is 174 Å². The van der Waals surface area contributed by atoms with Crippen LogP contribution >= 0.6 is 0 Å². The molecule has 0 spiro atoms. The van der Waals surface area contributed by atoms with Gasteiger partial charge in [-0.3, -0.25) is 9.97 Å². The van der Waals surface area contributed by atoms with E-state index in [0.717, 1.165) is 16.7 Å². The van der Waals surface area contributed by atoms with E-state index >= 15 is 0 Å². The first-order valence-corrected chi connectivity index (χ1v) is 7.81. The molecule has 0 aliphatic carbocycles. The first-order valence-electron chi connectivity index (χ1n) is 11.3. The Balaban J connectivity index is 0.00000259. The molecular weight excluding hydrogens is 498 g/mol. The summed E-state index contributed by atoms with van der Waals surface area (Å²) in [5.41, 5.74) is 3.27. The number of nitrogens with zero attached hydrogens (tertiary/aromatic N) is 3. The van der Waals surface area contributed by atoms with Gasteiger partial charge in [-0.15, -0.1) is 29.6 Å². The van der Waals surface area contributed by atoms with E-state index in [2.05, 4.69) is 16.0 Å². The fourth-order valence-electron chi connectivity index (χ4n) is 3.34. The summed E-state index contributed by atoms with van der Waals surface area (Å²) in [6.45, 7) is 3.81. The minimum atomic E-state index is -0.427. The SMILES string of the molecule is [2H]c1[c-]c2c(c([2H])c1[2H])c1c([2H])c([2H])nc([2H])c1n1c(-c3c(C)cccc3C)c([2H])nc21.[Ir]. The number of aromatic nitrogens is 3. The molecule has 0 N–H and O–H groups in total. The summed E-state index contributed by atoms with van der Waals surface area (Å²) in [6.07, 6.45) is -0.791. The number of benzene rings is 2. The third-order valence-electron chi connectivity index (χ3n) is 4.44. The number of pyridine rings is 2. The molecule has 5 aromatic rings. The minimum Gasteiger partial charge on any atom is -0.332 e. The van der Waals surface area contributed by atoms with E-state index in [9.17, 15) is 0 Å². The van der Waals surface area contributed by atoms with Crippen LogP contribution in [0, 0.1) is 19.9 Å². The number of aryl methyl sites for hydroxylation is 2. The maximum Gasteiger partial charge on any atom is 0.0862 e. The molecule has 2 aromatic carbocycles. The quantitative estimate of drug-likeness (QED) is 0.227. The van der Waals surface area contributed by atoms with Crippen molar-refractivity contribution in [2.24, 2.45) is 0 Å². The van der Waals surface area contributed by atoms with E-state index in [1.54, 1.807) is 4.40 Å². The summed E-state index contributed by atoms with van der Waals surface area (Å²) < 4.78 is 59.9. The van der Waals surface area contributed by atoms with Gasteiger partial charge in [0.15, 0.2) is 0 Å². The van der Waals surface area contributed by atoms with Gasteiger partial charge < -0.3 is 4.40 Å². The van der Waals surface area contributed by atoms with Crippen LogP contribution < -0.4 is 0 Å². The zero-order chi connectivity index (χ0) is 23.1. The van der Waals surface area contributed by atoms with Gasteiger partial charge in [-0.2, -0.15) is 0 Å². The average Bonchev–Trinajstić information content (AvgIpc) is 3.06. The van der Waals surface area contributed by atoms with Crippen LogP contribution in [0.3, 0.4) is 0 Å². The molecule has 3 aromatic heterocycles. The molecule has 0 unspecified atom stereocenters. The molecule has 0 bridgehead atoms. The maximum atomic E-state index is 8.65. The third kappa shape index (κ3) is 2.30. The zero-order valence-electron chi connectivity index (χ0n) is 20.9. The van der Waals surface area contributed by atoms with E-state index in [1.165, 1.54) is 0 Å². The molecule has 5 rings (SSSR count). The standard InChI is InChI=1S/C22H16N3.Ir/c1-14-6-5-7-15(2)21(14)20-13-24-22-18-9-4-3-8-16(18)17-10-11-23-12-19(17)25(20)22;/h3-8,10-13H,1-2H3;/q-1;/i3D,4D,8D,10D,11D,12D,13D;. The summed E-state index contributed by atoms with van der Waals surface area (Å²) in [6, 6.07) is 7.23. The van der Waals surface area contributed by atoms with Crippen molar-refractivity contribution in [3.05, 3.63) is 78.1 Å². The number of fused-ring (bicyclic) bond motifs is 6. The van der Waals surface area contributed by atoms with Crippen molar-refractivity contribution in [3.63, 3.8) is 0 Å². The fourth-order valence-corrected chi connectivity index (χ4v) is 3.34. The fraction of sp³-hybridized carbons (Fsp3) is 0.0909. The van der Waals surface area contributed by atoms with Crippen LogP contribution in [0.1, 0.15) is 20.7 Å². The van der Waals surface area contributed by atoms with E-state index in [1.807, 2.05) is 32.0 Å². The third-order valence-corrected chi connectivity index (χ3v) is 4.44. The van der Waals surface area contributed by atoms with E-state index in [0.29, 0.717) is 5.69 Å². The van der Waals surface area contributed by atoms with Gasteiger partial charge in [0.25, 0.3) is 0 Å². The summed E-state index contributed by atoms with van der Waals surface area (Å²) in [7, 11) is 0. The second kappa shape index (κ2) is 6.31. The molecule has 26 heavy (non-hydrogen) atoms. The zero-order valence-corrected chi connectivity index (χ0v) is 16.3. The molecule has 3 nitrogen and oxygen atoms in total. The molecular formula is C22H16IrN3-. The molecule has 0 amide bonds. The Hall–Kier alpha value is -2.55. The average molecular weight is 522 g/mol. The molecule has 0 fully saturated rings. The van der Waals surface area contributed by atoms with Crippen LogP contribution in [0.5, 0.6) is 0 Å². The molecule has 0 atom stereocenters. The molecule has 0 saturated carbocycles. The van der Waals surface area contributed by atoms with Gasteiger partial charge in [0.05, 0.1) is 22.3 Å². The monoisotopic (exact) mass is 522 g/mol. The number of imidazole rings is 1. The van der Waals surface area contributed by atoms with Gasteiger partial charge in [-0.1, -0.05) is 23.6 Å². The molecule has 1 radical (unpaired) electrons. The van der Waals surface area contributed by atoms with Crippen molar-refractivity contribution in [1.29, 1.82) is 0 Å². The Morgan fingerprint density at radius 2 is 1.88 bits per heavy atom. The second-order valence-electron chi connectivity index (χ2n) is 5.93. The van der Waals surface area contributed by atoms with Crippen molar-refractivity contribution in [2.45, 2.75) is 13.8 Å². The van der Waals surface area contributed by atoms with Crippen LogP contribution in [-0.4, -0.2) is 14.4 Å². The first-order chi connectivity index (χ1) is 15.1. The topological polar surface area (TPSA) is 30.2 Å². The molecule has 0 aliphatic rings. The van der Waals surface area contributed by atoms with Crippen molar-refractivity contribution >= 4 is 27.3 Å². The van der Waals surface area contributed by atoms with E-state index in [4.69, 9.17) is 9.60 Å². The normalized spacial score (nSPS) is 14.9. The van der Waals surface area contributed by atoms with Gasteiger partial charge in [0.2, 0.25) is 0 Å². The van der Waals surface area contributed by atoms with E-state index in [-0.39, 0.29) is 83.9 Å². The smallest absolute Gasteiger partial charge is 0.0862 e. The van der Waals surface area contributed by atoms with Crippen LogP contribution in [0.2, 0.25) is 0 Å². The number of rotatable bonds is 1. The van der Waals surface area contributed by atoms with Crippen molar-refractivity contribution in [1.82, 2.24) is 14.4 Å². The van der Waals surface area contributed by atoms with Crippen LogP contribution in [0.25, 0.3) is 38.6 Å². The Kier molecular flexibility index (Phi) is 2.56. The largest absolute Gasteiger partial charge is 0.332 e. The second-order valence-corrected chi connectivity index (χ2v) is 5.93. The van der Waals surface area contributed by atoms with Gasteiger partial charge in [-0.25, -0.2) is 0 Å². The van der Waals surface area contributed by atoms with Crippen molar-refractivity contribution < 1.29 is 29.7 Å². The molecule has 0 aliphatic heterocycles. The summed E-state index contributed by atoms with van der Waals surface area (Å²) in [4.78, 5) is 8.30. The van der Waals surface area contributed by atoms with E-state index < -0.39 is 6.17 Å². The van der Waals surface area contributed by atoms with Crippen LogP contribution in [0.15, 0.2) is 60.9 Å².